The fraction of sp³-hybridized carbons (Fsp3) is 0.400. The predicted molar refractivity (Wildman–Crippen MR) is 287 cm³/mol. The number of aliphatic hydroxyl groups excluding tert-OH is 3. The molecular weight excluding hydrogens is 955 g/mol. The highest BCUT2D eigenvalue weighted by atomic mass is 16.5. The average Bonchev–Trinajstić information content (AvgIpc) is 3.41. The normalized spacial score (nSPS) is 24.2. The fourth-order valence-corrected chi connectivity index (χ4v) is 9.65. The Morgan fingerprint density at radius 1 is 0.360 bits per heavy atom. The van der Waals surface area contributed by atoms with Crippen LogP contribution in [0.2, 0.25) is 0 Å². The van der Waals surface area contributed by atoms with Crippen molar-refractivity contribution in [1.29, 1.82) is 0 Å². The highest BCUT2D eigenvalue weighted by Crippen LogP contribution is 2.30. The van der Waals surface area contributed by atoms with Gasteiger partial charge in [-0.15, -0.1) is 0 Å². The highest BCUT2D eigenvalue weighted by Gasteiger charge is 2.42. The summed E-state index contributed by atoms with van der Waals surface area (Å²) >= 11 is 0. The monoisotopic (exact) mass is 1030 g/mol. The van der Waals surface area contributed by atoms with Crippen LogP contribution in [0.25, 0.3) is 0 Å². The Labute approximate surface area is 440 Å². The van der Waals surface area contributed by atoms with E-state index in [0.717, 1.165) is 36.3 Å². The zero-order chi connectivity index (χ0) is 53.1. The van der Waals surface area contributed by atoms with Crippen molar-refractivity contribution in [2.45, 2.75) is 73.6 Å². The summed E-state index contributed by atoms with van der Waals surface area (Å²) in [6.07, 6.45) is 0.639. The summed E-state index contributed by atoms with van der Waals surface area (Å²) in [5.41, 5.74) is -0.115. The zero-order valence-electron chi connectivity index (χ0n) is 42.6. The van der Waals surface area contributed by atoms with Crippen LogP contribution in [0.1, 0.15) is 36.0 Å². The minimum absolute atomic E-state index is 0.212. The molecule has 9 rings (SSSR count). The molecule has 6 aromatic rings. The lowest BCUT2D eigenvalue weighted by Crippen LogP contribution is -2.57. The third-order valence-corrected chi connectivity index (χ3v) is 14.3. The van der Waals surface area contributed by atoms with Gasteiger partial charge in [-0.3, -0.25) is 14.7 Å². The minimum atomic E-state index is -1.07. The van der Waals surface area contributed by atoms with Crippen molar-refractivity contribution in [1.82, 2.24) is 14.7 Å². The summed E-state index contributed by atoms with van der Waals surface area (Å²) in [4.78, 5) is 6.31. The van der Waals surface area contributed by atoms with Gasteiger partial charge in [-0.1, -0.05) is 91.0 Å². The molecule has 3 aliphatic heterocycles. The van der Waals surface area contributed by atoms with E-state index in [4.69, 9.17) is 14.2 Å². The van der Waals surface area contributed by atoms with Crippen LogP contribution in [0.3, 0.4) is 0 Å². The van der Waals surface area contributed by atoms with Crippen LogP contribution < -0.4 is 14.2 Å². The van der Waals surface area contributed by atoms with Crippen molar-refractivity contribution in [2.75, 3.05) is 78.7 Å². The van der Waals surface area contributed by atoms with E-state index in [0.29, 0.717) is 115 Å². The van der Waals surface area contributed by atoms with Gasteiger partial charge in [0.15, 0.2) is 0 Å². The van der Waals surface area contributed by atoms with Crippen LogP contribution in [0, 0.1) is 0 Å². The molecule has 0 radical (unpaired) electrons. The van der Waals surface area contributed by atoms with E-state index < -0.39 is 35.1 Å². The molecule has 0 saturated carbocycles. The zero-order valence-corrected chi connectivity index (χ0v) is 42.6. The molecule has 0 aliphatic carbocycles. The number of likely N-dealkylation sites (tertiary alicyclic amines) is 3. The third-order valence-electron chi connectivity index (χ3n) is 14.3. The molecule has 6 atom stereocenters. The molecule has 402 valence electrons. The fourth-order valence-electron chi connectivity index (χ4n) is 9.65. The average molecular weight is 1030 g/mol. The Kier molecular flexibility index (Phi) is 20.7. The van der Waals surface area contributed by atoms with Gasteiger partial charge in [-0.2, -0.15) is 0 Å². The molecule has 6 aromatic carbocycles. The van der Waals surface area contributed by atoms with Crippen LogP contribution in [0.15, 0.2) is 164 Å². The number of β-amino-alcohol motifs (C(OH)–C–C–N with tert-alkyl or cyclic N) is 3. The van der Waals surface area contributed by atoms with Gasteiger partial charge in [0.2, 0.25) is 0 Å². The molecule has 15 heteroatoms. The molecule has 3 heterocycles. The number of phenolic OH excluding ortho intramolecular Hbond substituents is 3. The number of benzene rings is 6. The first-order chi connectivity index (χ1) is 36.1. The van der Waals surface area contributed by atoms with Crippen LogP contribution in [0.5, 0.6) is 34.5 Å². The van der Waals surface area contributed by atoms with Crippen molar-refractivity contribution in [2.24, 2.45) is 0 Å². The van der Waals surface area contributed by atoms with Crippen LogP contribution in [-0.4, -0.2) is 174 Å². The van der Waals surface area contributed by atoms with Crippen molar-refractivity contribution in [3.05, 3.63) is 180 Å². The summed E-state index contributed by atoms with van der Waals surface area (Å²) < 4.78 is 16.9. The van der Waals surface area contributed by atoms with Gasteiger partial charge in [0.25, 0.3) is 0 Å². The largest absolute Gasteiger partial charge is 0.508 e. The molecule has 3 fully saturated rings. The number of phenols is 3. The molecule has 0 amide bonds. The summed E-state index contributed by atoms with van der Waals surface area (Å²) in [5.74, 6) is 2.75. The van der Waals surface area contributed by atoms with Crippen LogP contribution in [0.4, 0.5) is 0 Å². The molecule has 0 aromatic heterocycles. The maximum Gasteiger partial charge on any atom is 0.119 e. The number of aliphatic hydroxyl groups is 6. The number of hydrogen-bond acceptors (Lipinski definition) is 15. The standard InChI is InChI=1S/3C20H25NO4/c3*22-17-6-8-18(9-7-17)25-13-12-21-11-10-20(24,19(23)15-21)14-16-4-2-1-3-5-16/h3*1-9,19,22-24H,10-15H2/t3*19-,20+/m110/s1. The predicted octanol–water partition coefficient (Wildman–Crippen LogP) is 5.43. The highest BCUT2D eigenvalue weighted by molar-refractivity contribution is 5.32. The lowest BCUT2D eigenvalue weighted by molar-refractivity contribution is -0.119. The van der Waals surface area contributed by atoms with E-state index in [9.17, 15) is 46.0 Å². The molecule has 3 aliphatic rings. The van der Waals surface area contributed by atoms with Gasteiger partial charge in [0.05, 0.1) is 35.1 Å². The second-order valence-corrected chi connectivity index (χ2v) is 20.0. The maximum absolute atomic E-state index is 10.8. The first-order valence-electron chi connectivity index (χ1n) is 25.9. The Hall–Kier alpha value is -6.24. The Bertz CT molecular complexity index is 2270. The van der Waals surface area contributed by atoms with Gasteiger partial charge >= 0.3 is 0 Å². The van der Waals surface area contributed by atoms with Gasteiger partial charge in [-0.25, -0.2) is 0 Å². The first-order valence-corrected chi connectivity index (χ1v) is 25.9. The Morgan fingerprint density at radius 3 is 0.827 bits per heavy atom. The van der Waals surface area contributed by atoms with Crippen LogP contribution >= 0.6 is 0 Å². The maximum atomic E-state index is 10.8. The summed E-state index contributed by atoms with van der Waals surface area (Å²) in [6.45, 7) is 6.99. The van der Waals surface area contributed by atoms with Gasteiger partial charge < -0.3 is 60.2 Å². The van der Waals surface area contributed by atoms with Gasteiger partial charge in [0.1, 0.15) is 54.3 Å². The number of hydrogen-bond donors (Lipinski definition) is 9. The van der Waals surface area contributed by atoms with E-state index in [2.05, 4.69) is 14.7 Å². The van der Waals surface area contributed by atoms with E-state index in [1.54, 1.807) is 72.8 Å². The number of rotatable bonds is 18. The smallest absolute Gasteiger partial charge is 0.119 e. The van der Waals surface area contributed by atoms with Gasteiger partial charge in [-0.05, 0) is 109 Å². The molecule has 9 N–H and O–H groups in total. The number of ether oxygens (including phenoxy) is 3. The minimum Gasteiger partial charge on any atom is -0.508 e. The van der Waals surface area contributed by atoms with E-state index in [1.165, 1.54) is 0 Å². The number of piperidine rings is 3. The molecule has 3 saturated heterocycles. The molecule has 0 spiro atoms. The lowest BCUT2D eigenvalue weighted by Gasteiger charge is -2.42. The van der Waals surface area contributed by atoms with Crippen molar-refractivity contribution >= 4 is 0 Å². The Balaban J connectivity index is 0.000000164. The van der Waals surface area contributed by atoms with Gasteiger partial charge in [0, 0.05) is 78.2 Å². The summed E-state index contributed by atoms with van der Waals surface area (Å²) in [7, 11) is 0. The molecule has 0 bridgehead atoms. The lowest BCUT2D eigenvalue weighted by atomic mass is 9.83. The van der Waals surface area contributed by atoms with E-state index in [-0.39, 0.29) is 17.2 Å². The van der Waals surface area contributed by atoms with E-state index >= 15 is 0 Å². The molecule has 15 nitrogen and oxygen atoms in total. The van der Waals surface area contributed by atoms with Crippen molar-refractivity contribution < 1.29 is 60.2 Å². The SMILES string of the molecule is Oc1ccc(OCCN2CC[C@@](O)(Cc3ccccc3)[C@@H](O)C2)cc1.Oc1ccc(OCCN2CC[C@](O)(Cc3ccccc3)[C@H](O)C2)cc1.Oc1ccc(OCCN2CC[C@](O)(Cc3ccccc3)[C@H](O)C2)cc1. The number of aromatic hydroxyl groups is 3. The number of nitrogens with zero attached hydrogens (tertiary/aromatic N) is 3. The van der Waals surface area contributed by atoms with Crippen molar-refractivity contribution in [3.63, 3.8) is 0 Å². The first kappa shape index (κ1) is 56.5. The summed E-state index contributed by atoms with van der Waals surface area (Å²) in [6, 6.07) is 49.2. The molecular formula is C60H75N3O12. The third kappa shape index (κ3) is 17.7. The second-order valence-electron chi connectivity index (χ2n) is 20.0. The molecule has 75 heavy (non-hydrogen) atoms. The van der Waals surface area contributed by atoms with Crippen LogP contribution in [-0.2, 0) is 19.3 Å². The second kappa shape index (κ2) is 27.5. The quantitative estimate of drug-likeness (QED) is 0.0524. The Morgan fingerprint density at radius 2 is 0.600 bits per heavy atom. The van der Waals surface area contributed by atoms with Crippen molar-refractivity contribution in [3.8, 4) is 34.5 Å². The summed E-state index contributed by atoms with van der Waals surface area (Å²) in [5, 5.41) is 91.5. The van der Waals surface area contributed by atoms with E-state index in [1.807, 2.05) is 91.0 Å². The topological polar surface area (TPSA) is 219 Å². The molecule has 0 unspecified atom stereocenters.